The Morgan fingerprint density at radius 2 is 2.10 bits per heavy atom. The number of carbonyl (C=O) groups excluding carboxylic acids is 1. The maximum atomic E-state index is 12.2. The third-order valence-electron chi connectivity index (χ3n) is 3.79. The zero-order valence-corrected chi connectivity index (χ0v) is 11.0. The number of aromatic carboxylic acids is 1. The first-order valence-electron chi connectivity index (χ1n) is 6.60. The molecule has 1 amide bonds. The average Bonchev–Trinajstić information content (AvgIpc) is 2.89. The fraction of sp³-hybridized carbons (Fsp3) is 0.429. The van der Waals surface area contributed by atoms with Crippen LogP contribution in [0.1, 0.15) is 29.6 Å². The molecule has 1 saturated carbocycles. The summed E-state index contributed by atoms with van der Waals surface area (Å²) in [6.45, 7) is 0.480. The number of hydrogen-bond donors (Lipinski definition) is 4. The SMILES string of the molecule is NCC1CCCC1C(=O)Nc1ccc(O)c(C(=O)O)c1. The molecule has 0 aromatic heterocycles. The smallest absolute Gasteiger partial charge is 0.339 e. The van der Waals surface area contributed by atoms with E-state index in [4.69, 9.17) is 10.8 Å². The number of carboxylic acids is 1. The summed E-state index contributed by atoms with van der Waals surface area (Å²) < 4.78 is 0. The average molecular weight is 278 g/mol. The van der Waals surface area contributed by atoms with Crippen molar-refractivity contribution in [2.24, 2.45) is 17.6 Å². The summed E-state index contributed by atoms with van der Waals surface area (Å²) in [6, 6.07) is 3.99. The maximum absolute atomic E-state index is 12.2. The molecule has 0 heterocycles. The fourth-order valence-electron chi connectivity index (χ4n) is 2.68. The third-order valence-corrected chi connectivity index (χ3v) is 3.79. The first-order chi connectivity index (χ1) is 9.52. The summed E-state index contributed by atoms with van der Waals surface area (Å²) in [5.41, 5.74) is 5.78. The topological polar surface area (TPSA) is 113 Å². The molecule has 2 rings (SSSR count). The highest BCUT2D eigenvalue weighted by Crippen LogP contribution is 2.32. The van der Waals surface area contributed by atoms with E-state index in [2.05, 4.69) is 5.32 Å². The zero-order valence-electron chi connectivity index (χ0n) is 11.0. The minimum absolute atomic E-state index is 0.123. The number of carbonyl (C=O) groups is 2. The number of nitrogens with one attached hydrogen (secondary N) is 1. The lowest BCUT2D eigenvalue weighted by Crippen LogP contribution is -2.29. The number of phenols is 1. The van der Waals surface area contributed by atoms with Crippen molar-refractivity contribution in [3.63, 3.8) is 0 Å². The molecule has 1 fully saturated rings. The summed E-state index contributed by atoms with van der Waals surface area (Å²) in [5, 5.41) is 21.0. The minimum atomic E-state index is -1.24. The Morgan fingerprint density at radius 3 is 2.75 bits per heavy atom. The second kappa shape index (κ2) is 5.92. The Kier molecular flexibility index (Phi) is 4.24. The van der Waals surface area contributed by atoms with Gasteiger partial charge in [-0.05, 0) is 43.5 Å². The van der Waals surface area contributed by atoms with Gasteiger partial charge in [-0.2, -0.15) is 0 Å². The Morgan fingerprint density at radius 1 is 1.35 bits per heavy atom. The lowest BCUT2D eigenvalue weighted by atomic mass is 9.95. The number of rotatable bonds is 4. The van der Waals surface area contributed by atoms with E-state index < -0.39 is 5.97 Å². The van der Waals surface area contributed by atoms with Crippen molar-refractivity contribution in [3.8, 4) is 5.75 Å². The number of anilines is 1. The van der Waals surface area contributed by atoms with Crippen LogP contribution in [0.15, 0.2) is 18.2 Å². The highest BCUT2D eigenvalue weighted by atomic mass is 16.4. The Hall–Kier alpha value is -2.08. The third kappa shape index (κ3) is 2.91. The van der Waals surface area contributed by atoms with Gasteiger partial charge in [0.15, 0.2) is 0 Å². The molecular formula is C14H18N2O4. The van der Waals surface area contributed by atoms with E-state index in [1.807, 2.05) is 0 Å². The molecule has 0 saturated heterocycles. The molecular weight excluding hydrogens is 260 g/mol. The molecule has 0 aliphatic heterocycles. The van der Waals surface area contributed by atoms with Crippen molar-refractivity contribution in [1.82, 2.24) is 0 Å². The van der Waals surface area contributed by atoms with Crippen molar-refractivity contribution in [2.75, 3.05) is 11.9 Å². The number of carboxylic acid groups (broad SMARTS) is 1. The van der Waals surface area contributed by atoms with Crippen LogP contribution in [0.3, 0.4) is 0 Å². The predicted molar refractivity (Wildman–Crippen MR) is 73.6 cm³/mol. The standard InChI is InChI=1S/C14H18N2O4/c15-7-8-2-1-3-10(8)13(18)16-9-4-5-12(17)11(6-9)14(19)20/h4-6,8,10,17H,1-3,7,15H2,(H,16,18)(H,19,20). The van der Waals surface area contributed by atoms with Crippen molar-refractivity contribution in [3.05, 3.63) is 23.8 Å². The van der Waals surface area contributed by atoms with Crippen molar-refractivity contribution >= 4 is 17.6 Å². The summed E-state index contributed by atoms with van der Waals surface area (Å²) in [4.78, 5) is 23.1. The van der Waals surface area contributed by atoms with E-state index in [-0.39, 0.29) is 29.1 Å². The van der Waals surface area contributed by atoms with Crippen molar-refractivity contribution in [1.29, 1.82) is 0 Å². The second-order valence-electron chi connectivity index (χ2n) is 5.06. The number of benzene rings is 1. The summed E-state index contributed by atoms with van der Waals surface area (Å²) in [7, 11) is 0. The van der Waals surface area contributed by atoms with Crippen LogP contribution in [0.25, 0.3) is 0 Å². The summed E-state index contributed by atoms with van der Waals surface area (Å²) in [6.07, 6.45) is 2.73. The highest BCUT2D eigenvalue weighted by Gasteiger charge is 2.32. The molecule has 0 radical (unpaired) electrons. The van der Waals surface area contributed by atoms with Gasteiger partial charge in [-0.25, -0.2) is 4.79 Å². The molecule has 1 aliphatic rings. The molecule has 2 atom stereocenters. The van der Waals surface area contributed by atoms with Crippen LogP contribution in [0.4, 0.5) is 5.69 Å². The van der Waals surface area contributed by atoms with Crippen molar-refractivity contribution in [2.45, 2.75) is 19.3 Å². The van der Waals surface area contributed by atoms with Gasteiger partial charge in [0.25, 0.3) is 0 Å². The number of aromatic hydroxyl groups is 1. The number of amides is 1. The quantitative estimate of drug-likeness (QED) is 0.622. The van der Waals surface area contributed by atoms with Crippen LogP contribution in [0.2, 0.25) is 0 Å². The molecule has 1 aromatic rings. The minimum Gasteiger partial charge on any atom is -0.507 e. The van der Waals surface area contributed by atoms with Crippen LogP contribution in [-0.4, -0.2) is 28.6 Å². The molecule has 108 valence electrons. The molecule has 5 N–H and O–H groups in total. The van der Waals surface area contributed by atoms with Gasteiger partial charge in [-0.1, -0.05) is 6.42 Å². The fourth-order valence-corrected chi connectivity index (χ4v) is 2.68. The van der Waals surface area contributed by atoms with Crippen molar-refractivity contribution < 1.29 is 19.8 Å². The monoisotopic (exact) mass is 278 g/mol. The van der Waals surface area contributed by atoms with Gasteiger partial charge in [0.2, 0.25) is 5.91 Å². The van der Waals surface area contributed by atoms with E-state index in [0.29, 0.717) is 12.2 Å². The summed E-state index contributed by atoms with van der Waals surface area (Å²) >= 11 is 0. The van der Waals surface area contributed by atoms with Gasteiger partial charge >= 0.3 is 5.97 Å². The lowest BCUT2D eigenvalue weighted by Gasteiger charge is -2.17. The molecule has 1 aliphatic carbocycles. The lowest BCUT2D eigenvalue weighted by molar-refractivity contribution is -0.120. The molecule has 6 heteroatoms. The molecule has 2 unspecified atom stereocenters. The molecule has 0 bridgehead atoms. The van der Waals surface area contributed by atoms with E-state index in [1.165, 1.54) is 18.2 Å². The highest BCUT2D eigenvalue weighted by molar-refractivity contribution is 5.96. The second-order valence-corrected chi connectivity index (χ2v) is 5.06. The van der Waals surface area contributed by atoms with E-state index >= 15 is 0 Å². The van der Waals surface area contributed by atoms with Gasteiger partial charge in [-0.3, -0.25) is 4.79 Å². The van der Waals surface area contributed by atoms with Gasteiger partial charge in [0.1, 0.15) is 11.3 Å². The van der Waals surface area contributed by atoms with Crippen LogP contribution in [0, 0.1) is 11.8 Å². The molecule has 20 heavy (non-hydrogen) atoms. The Bertz CT molecular complexity index is 530. The van der Waals surface area contributed by atoms with Crippen LogP contribution in [-0.2, 0) is 4.79 Å². The molecule has 1 aromatic carbocycles. The first kappa shape index (κ1) is 14.3. The first-order valence-corrected chi connectivity index (χ1v) is 6.60. The number of nitrogens with two attached hydrogens (primary N) is 1. The van der Waals surface area contributed by atoms with E-state index in [9.17, 15) is 14.7 Å². The summed E-state index contributed by atoms with van der Waals surface area (Å²) in [5.74, 6) is -1.64. The molecule has 0 spiro atoms. The largest absolute Gasteiger partial charge is 0.507 e. The predicted octanol–water partition coefficient (Wildman–Crippen LogP) is 1.40. The van der Waals surface area contributed by atoms with E-state index in [1.54, 1.807) is 0 Å². The van der Waals surface area contributed by atoms with Crippen LogP contribution >= 0.6 is 0 Å². The molecule has 6 nitrogen and oxygen atoms in total. The van der Waals surface area contributed by atoms with Gasteiger partial charge in [0, 0.05) is 11.6 Å². The number of hydrogen-bond acceptors (Lipinski definition) is 4. The van der Waals surface area contributed by atoms with Gasteiger partial charge < -0.3 is 21.3 Å². The van der Waals surface area contributed by atoms with Gasteiger partial charge in [0.05, 0.1) is 0 Å². The Labute approximate surface area is 116 Å². The Balaban J connectivity index is 2.12. The van der Waals surface area contributed by atoms with Crippen LogP contribution in [0.5, 0.6) is 5.75 Å². The van der Waals surface area contributed by atoms with Crippen LogP contribution < -0.4 is 11.1 Å². The zero-order chi connectivity index (χ0) is 14.7. The van der Waals surface area contributed by atoms with E-state index in [0.717, 1.165) is 19.3 Å². The maximum Gasteiger partial charge on any atom is 0.339 e. The van der Waals surface area contributed by atoms with Gasteiger partial charge in [-0.15, -0.1) is 0 Å². The normalized spacial score (nSPS) is 21.6.